The highest BCUT2D eigenvalue weighted by Crippen LogP contribution is 2.74. The van der Waals surface area contributed by atoms with Crippen molar-refractivity contribution in [1.29, 1.82) is 0 Å². The van der Waals surface area contributed by atoms with Gasteiger partial charge in [0.05, 0.1) is 18.1 Å². The number of hydrogen-bond donors (Lipinski definition) is 2. The molecule has 1 aliphatic heterocycles. The second-order valence-corrected chi connectivity index (χ2v) is 19.5. The van der Waals surface area contributed by atoms with E-state index in [-0.39, 0.29) is 48.1 Å². The molecule has 1 amide bonds. The second kappa shape index (κ2) is 17.8. The molecular weight excluding hydrogens is 875 g/mol. The zero-order valence-electron chi connectivity index (χ0n) is 38.9. The lowest BCUT2D eigenvalue weighted by Crippen LogP contribution is -2.78. The van der Waals surface area contributed by atoms with Crippen LogP contribution >= 0.6 is 0 Å². The molecule has 0 unspecified atom stereocenters. The van der Waals surface area contributed by atoms with Gasteiger partial charge in [0.15, 0.2) is 17.5 Å². The molecule has 18 nitrogen and oxygen atoms in total. The number of carbonyl (C=O) groups excluding carboxylic acids is 8. The van der Waals surface area contributed by atoms with E-state index in [9.17, 15) is 38.7 Å². The SMILES string of the molecule is CCC(=O)OC(=O)O[C@@H](C(=O)O[C@H]1C[C@@]2(O)[C@@H](OC(=O)c3ccccc3)[C@@H]3[C@]4(OC(C)=O)CO[C@@H]4C[C@@H]4C[C@@]43C(=O)[C@H](OC(C)=O)C(=C1C)C2(C)C)[C@@H](NC(=O)OC(C)(C)C)c1ccccc1. The van der Waals surface area contributed by atoms with Crippen LogP contribution in [-0.2, 0) is 61.9 Å². The van der Waals surface area contributed by atoms with Gasteiger partial charge in [-0.1, -0.05) is 69.3 Å². The van der Waals surface area contributed by atoms with E-state index in [4.69, 9.17) is 37.9 Å². The topological polar surface area (TPSA) is 243 Å². The first-order chi connectivity index (χ1) is 31.4. The fourth-order valence-electron chi connectivity index (χ4n) is 10.8. The van der Waals surface area contributed by atoms with E-state index in [0.29, 0.717) is 0 Å². The molecule has 2 aromatic rings. The van der Waals surface area contributed by atoms with Crippen LogP contribution in [0.3, 0.4) is 0 Å². The number of Topliss-reactive ketones (excluding diaryl/α,β-unsaturated/α-hetero) is 1. The van der Waals surface area contributed by atoms with E-state index in [1.807, 2.05) is 0 Å². The van der Waals surface area contributed by atoms with E-state index in [1.54, 1.807) is 71.0 Å². The Labute approximate surface area is 387 Å². The van der Waals surface area contributed by atoms with Gasteiger partial charge in [0, 0.05) is 37.5 Å². The van der Waals surface area contributed by atoms with Crippen LogP contribution in [0.25, 0.3) is 0 Å². The van der Waals surface area contributed by atoms with Crippen LogP contribution in [0.2, 0.25) is 0 Å². The summed E-state index contributed by atoms with van der Waals surface area (Å²) in [4.78, 5) is 110. The summed E-state index contributed by atoms with van der Waals surface area (Å²) in [6.45, 7) is 13.0. The van der Waals surface area contributed by atoms with E-state index in [1.165, 1.54) is 45.0 Å². The van der Waals surface area contributed by atoms with Gasteiger partial charge in [-0.2, -0.15) is 0 Å². The van der Waals surface area contributed by atoms with Gasteiger partial charge in [-0.25, -0.2) is 19.2 Å². The highest BCUT2D eigenvalue weighted by atomic mass is 16.8. The third kappa shape index (κ3) is 8.81. The predicted molar refractivity (Wildman–Crippen MR) is 230 cm³/mol. The smallest absolute Gasteiger partial charge is 0.455 e. The fourth-order valence-corrected chi connectivity index (χ4v) is 10.8. The maximum atomic E-state index is 15.6. The normalized spacial score (nSPS) is 30.9. The molecule has 2 N–H and O–H groups in total. The van der Waals surface area contributed by atoms with E-state index >= 15 is 4.79 Å². The highest BCUT2D eigenvalue weighted by Gasteiger charge is 2.84. The first-order valence-corrected chi connectivity index (χ1v) is 22.3. The van der Waals surface area contributed by atoms with Crippen molar-refractivity contribution in [1.82, 2.24) is 5.32 Å². The number of benzene rings is 2. The number of fused-ring (bicyclic) bond motifs is 4. The Morgan fingerprint density at radius 3 is 2.10 bits per heavy atom. The van der Waals surface area contributed by atoms with Crippen molar-refractivity contribution in [3.63, 3.8) is 0 Å². The van der Waals surface area contributed by atoms with Gasteiger partial charge in [-0.15, -0.1) is 0 Å². The maximum Gasteiger partial charge on any atom is 0.517 e. The molecule has 18 heteroatoms. The Balaban J connectivity index is 1.40. The molecule has 11 atom stereocenters. The van der Waals surface area contributed by atoms with Crippen LogP contribution in [0, 0.1) is 22.7 Å². The van der Waals surface area contributed by atoms with E-state index in [0.717, 1.165) is 6.92 Å². The number of ketones is 1. The van der Waals surface area contributed by atoms with Gasteiger partial charge < -0.3 is 48.3 Å². The number of nitrogens with one attached hydrogen (secondary N) is 1. The molecule has 67 heavy (non-hydrogen) atoms. The summed E-state index contributed by atoms with van der Waals surface area (Å²) in [6.07, 6.45) is -10.8. The van der Waals surface area contributed by atoms with Crippen molar-refractivity contribution in [2.24, 2.45) is 22.7 Å². The number of amides is 1. The van der Waals surface area contributed by atoms with Crippen molar-refractivity contribution in [3.8, 4) is 0 Å². The molecule has 2 aromatic carbocycles. The number of alkyl carbamates (subject to hydrolysis) is 1. The van der Waals surface area contributed by atoms with Gasteiger partial charge in [-0.05, 0) is 75.3 Å². The fraction of sp³-hybridized carbons (Fsp3) is 0.551. The van der Waals surface area contributed by atoms with Gasteiger partial charge in [0.2, 0.25) is 6.10 Å². The van der Waals surface area contributed by atoms with Crippen molar-refractivity contribution < 1.29 is 81.4 Å². The minimum atomic E-state index is -2.36. The number of carbonyl (C=O) groups is 8. The molecule has 1 saturated heterocycles. The summed E-state index contributed by atoms with van der Waals surface area (Å²) < 4.78 is 46.7. The summed E-state index contributed by atoms with van der Waals surface area (Å²) in [5.74, 6) is -7.10. The minimum absolute atomic E-state index is 0.0453. The Kier molecular flexibility index (Phi) is 13.0. The highest BCUT2D eigenvalue weighted by molar-refractivity contribution is 5.98. The molecule has 360 valence electrons. The van der Waals surface area contributed by atoms with Crippen molar-refractivity contribution in [3.05, 3.63) is 82.9 Å². The Morgan fingerprint density at radius 1 is 0.896 bits per heavy atom. The van der Waals surface area contributed by atoms with Crippen molar-refractivity contribution >= 4 is 47.9 Å². The van der Waals surface area contributed by atoms with E-state index in [2.05, 4.69) is 5.32 Å². The average molecular weight is 932 g/mol. The molecule has 7 rings (SSSR count). The summed E-state index contributed by atoms with van der Waals surface area (Å²) in [6, 6.07) is 14.3. The molecule has 5 aliphatic rings. The van der Waals surface area contributed by atoms with Crippen LogP contribution in [0.15, 0.2) is 71.8 Å². The molecule has 0 radical (unpaired) electrons. The molecule has 3 saturated carbocycles. The van der Waals surface area contributed by atoms with Gasteiger partial charge in [0.25, 0.3) is 0 Å². The van der Waals surface area contributed by atoms with Gasteiger partial charge in [0.1, 0.15) is 35.6 Å². The van der Waals surface area contributed by atoms with E-state index < -0.39 is 130 Å². The number of hydrogen-bond acceptors (Lipinski definition) is 17. The van der Waals surface area contributed by atoms with Crippen LogP contribution in [0.1, 0.15) is 110 Å². The monoisotopic (exact) mass is 931 g/mol. The summed E-state index contributed by atoms with van der Waals surface area (Å²) in [5, 5.41) is 16.4. The predicted octanol–water partition coefficient (Wildman–Crippen LogP) is 5.57. The first kappa shape index (κ1) is 48.8. The maximum absolute atomic E-state index is 15.6. The number of esters is 5. The Hall–Kier alpha value is -6.14. The standard InChI is InChI=1S/C49H57NO17/c1-10-33(53)63-44(58)64-37(35(28-17-13-11-14-18-28)50-43(57)67-45(5,6)7)42(56)62-31-23-49(59)40(65-41(55)29-19-15-12-16-20-29)38-47(22-30(47)21-32-48(38,24-60-32)66-27(4)52)39(54)36(61-26(3)51)34(25(31)2)46(49,8)9/h11-20,30-32,35-38,40,59H,10,21-24H2,1-9H3,(H,50,57)/t30-,31+,32-,35+,36-,37-,38+,40+,47-,48+,49-/m1/s1. The van der Waals surface area contributed by atoms with Crippen LogP contribution in [0.4, 0.5) is 9.59 Å². The Morgan fingerprint density at radius 2 is 1.54 bits per heavy atom. The second-order valence-electron chi connectivity index (χ2n) is 19.5. The van der Waals surface area contributed by atoms with Crippen LogP contribution in [-0.4, -0.2) is 107 Å². The van der Waals surface area contributed by atoms with Crippen molar-refractivity contribution in [2.45, 2.75) is 141 Å². The Bertz CT molecular complexity index is 2370. The zero-order chi connectivity index (χ0) is 49.0. The number of rotatable bonds is 11. The summed E-state index contributed by atoms with van der Waals surface area (Å²) >= 11 is 0. The lowest BCUT2D eigenvalue weighted by Gasteiger charge is -2.64. The lowest BCUT2D eigenvalue weighted by molar-refractivity contribution is -0.323. The quantitative estimate of drug-likeness (QED) is 0.121. The van der Waals surface area contributed by atoms with Crippen molar-refractivity contribution in [2.75, 3.05) is 6.61 Å². The van der Waals surface area contributed by atoms with Gasteiger partial charge in [-0.3, -0.25) is 19.2 Å². The number of ether oxygens (including phenoxy) is 8. The zero-order valence-corrected chi connectivity index (χ0v) is 38.9. The molecule has 2 bridgehead atoms. The molecule has 0 aromatic heterocycles. The molecule has 4 aliphatic carbocycles. The summed E-state index contributed by atoms with van der Waals surface area (Å²) in [7, 11) is 0. The molecule has 1 heterocycles. The average Bonchev–Trinajstić information content (AvgIpc) is 3.98. The third-order valence-electron chi connectivity index (χ3n) is 13.9. The third-order valence-corrected chi connectivity index (χ3v) is 13.9. The minimum Gasteiger partial charge on any atom is -0.455 e. The first-order valence-electron chi connectivity index (χ1n) is 22.3. The molecule has 1 spiro atoms. The summed E-state index contributed by atoms with van der Waals surface area (Å²) in [5.41, 5.74) is -7.61. The van der Waals surface area contributed by atoms with Crippen LogP contribution < -0.4 is 5.32 Å². The van der Waals surface area contributed by atoms with Crippen LogP contribution in [0.5, 0.6) is 0 Å². The molecular formula is C49H57NO17. The lowest BCUT2D eigenvalue weighted by atomic mass is 9.48. The van der Waals surface area contributed by atoms with Gasteiger partial charge >= 0.3 is 42.1 Å². The number of aliphatic hydroxyl groups is 1. The largest absolute Gasteiger partial charge is 0.517 e. The molecule has 4 fully saturated rings.